The van der Waals surface area contributed by atoms with Crippen LogP contribution in [0, 0.1) is 0 Å². The van der Waals surface area contributed by atoms with Gasteiger partial charge in [-0.25, -0.2) is 15.0 Å². The second-order valence-electron chi connectivity index (χ2n) is 12.8. The van der Waals surface area contributed by atoms with Crippen LogP contribution < -0.4 is 0 Å². The Hall–Kier alpha value is -6.91. The highest BCUT2D eigenvalue weighted by atomic mass is 16.3. The topological polar surface area (TPSA) is 51.8 Å². The van der Waals surface area contributed by atoms with Crippen LogP contribution in [0.2, 0.25) is 0 Å². The van der Waals surface area contributed by atoms with E-state index in [0.29, 0.717) is 17.5 Å². The molecule has 0 saturated heterocycles. The van der Waals surface area contributed by atoms with E-state index in [4.69, 9.17) is 19.4 Å². The molecule has 10 aromatic rings. The van der Waals surface area contributed by atoms with E-state index in [0.717, 1.165) is 65.9 Å². The number of furan rings is 1. The van der Waals surface area contributed by atoms with Gasteiger partial charge in [0.05, 0.1) is 0 Å². The fourth-order valence-electron chi connectivity index (χ4n) is 7.23. The lowest BCUT2D eigenvalue weighted by atomic mass is 9.96. The molecule has 0 bridgehead atoms. The molecule has 0 saturated carbocycles. The summed E-state index contributed by atoms with van der Waals surface area (Å²) < 4.78 is 6.76. The molecule has 8 aromatic carbocycles. The van der Waals surface area contributed by atoms with Crippen LogP contribution in [0.5, 0.6) is 0 Å². The largest absolute Gasteiger partial charge is 0.455 e. The molecule has 4 nitrogen and oxygen atoms in total. The predicted molar refractivity (Wildman–Crippen MR) is 209 cm³/mol. The normalized spacial score (nSPS) is 11.5. The Morgan fingerprint density at radius 2 is 0.902 bits per heavy atom. The number of fused-ring (bicyclic) bond motifs is 5. The zero-order chi connectivity index (χ0) is 33.7. The van der Waals surface area contributed by atoms with Crippen molar-refractivity contribution >= 4 is 43.5 Å². The quantitative estimate of drug-likeness (QED) is 0.186. The van der Waals surface area contributed by atoms with Gasteiger partial charge in [-0.3, -0.25) is 0 Å². The Bertz CT molecular complexity index is 2900. The molecular formula is C47H29N3O. The van der Waals surface area contributed by atoms with E-state index in [9.17, 15) is 0 Å². The third kappa shape index (κ3) is 5.04. The van der Waals surface area contributed by atoms with Crippen LogP contribution in [0.1, 0.15) is 0 Å². The third-order valence-electron chi connectivity index (χ3n) is 9.70. The third-order valence-corrected chi connectivity index (χ3v) is 9.70. The van der Waals surface area contributed by atoms with Crippen molar-refractivity contribution in [1.29, 1.82) is 0 Å². The molecule has 0 spiro atoms. The molecule has 0 atom stereocenters. The highest BCUT2D eigenvalue weighted by molar-refractivity contribution is 6.18. The average Bonchev–Trinajstić information content (AvgIpc) is 3.58. The number of nitrogens with zero attached hydrogens (tertiary/aromatic N) is 3. The van der Waals surface area contributed by atoms with Crippen LogP contribution in [0.3, 0.4) is 0 Å². The highest BCUT2D eigenvalue weighted by Crippen LogP contribution is 2.43. The lowest BCUT2D eigenvalue weighted by Crippen LogP contribution is -2.00. The summed E-state index contributed by atoms with van der Waals surface area (Å²) in [5.74, 6) is 1.83. The summed E-state index contributed by atoms with van der Waals surface area (Å²) in [6.07, 6.45) is 0. The maximum Gasteiger partial charge on any atom is 0.164 e. The van der Waals surface area contributed by atoms with Gasteiger partial charge in [0.15, 0.2) is 17.5 Å². The summed E-state index contributed by atoms with van der Waals surface area (Å²) in [6.45, 7) is 0. The van der Waals surface area contributed by atoms with E-state index in [1.165, 1.54) is 16.5 Å². The van der Waals surface area contributed by atoms with Gasteiger partial charge in [0.25, 0.3) is 0 Å². The smallest absolute Gasteiger partial charge is 0.164 e. The minimum absolute atomic E-state index is 0.595. The molecule has 10 rings (SSSR count). The van der Waals surface area contributed by atoms with E-state index in [1.54, 1.807) is 0 Å². The molecule has 51 heavy (non-hydrogen) atoms. The van der Waals surface area contributed by atoms with Gasteiger partial charge < -0.3 is 4.42 Å². The molecule has 0 aliphatic heterocycles. The molecule has 0 aliphatic rings. The number of rotatable bonds is 5. The minimum atomic E-state index is 0.595. The highest BCUT2D eigenvalue weighted by Gasteiger charge is 2.21. The van der Waals surface area contributed by atoms with Crippen LogP contribution in [-0.4, -0.2) is 15.0 Å². The lowest BCUT2D eigenvalue weighted by molar-refractivity contribution is 0.670. The van der Waals surface area contributed by atoms with E-state index in [-0.39, 0.29) is 0 Å². The molecular weight excluding hydrogens is 623 g/mol. The molecule has 0 aliphatic carbocycles. The van der Waals surface area contributed by atoms with Crippen LogP contribution in [0.25, 0.3) is 99.9 Å². The maximum atomic E-state index is 6.76. The molecule has 0 fully saturated rings. The molecule has 0 amide bonds. The first-order chi connectivity index (χ1) is 25.3. The second kappa shape index (κ2) is 11.9. The van der Waals surface area contributed by atoms with E-state index in [2.05, 4.69) is 133 Å². The number of hydrogen-bond acceptors (Lipinski definition) is 4. The Kier molecular flexibility index (Phi) is 6.78. The molecule has 0 unspecified atom stereocenters. The van der Waals surface area contributed by atoms with Crippen LogP contribution in [0.4, 0.5) is 0 Å². The molecule has 4 heteroatoms. The summed E-state index contributed by atoms with van der Waals surface area (Å²) in [6, 6.07) is 61.0. The molecule has 2 heterocycles. The van der Waals surface area contributed by atoms with Crippen molar-refractivity contribution in [2.45, 2.75) is 0 Å². The zero-order valence-corrected chi connectivity index (χ0v) is 27.5. The van der Waals surface area contributed by atoms with Crippen LogP contribution >= 0.6 is 0 Å². The van der Waals surface area contributed by atoms with Crippen molar-refractivity contribution < 1.29 is 4.42 Å². The van der Waals surface area contributed by atoms with Gasteiger partial charge in [-0.1, -0.05) is 146 Å². The average molecular weight is 652 g/mol. The van der Waals surface area contributed by atoms with Crippen LogP contribution in [0.15, 0.2) is 180 Å². The fraction of sp³-hybridized carbons (Fsp3) is 0. The van der Waals surface area contributed by atoms with E-state index >= 15 is 0 Å². The fourth-order valence-corrected chi connectivity index (χ4v) is 7.23. The van der Waals surface area contributed by atoms with E-state index < -0.39 is 0 Å². The summed E-state index contributed by atoms with van der Waals surface area (Å²) in [5.41, 5.74) is 8.88. The van der Waals surface area contributed by atoms with Gasteiger partial charge in [0, 0.05) is 33.0 Å². The number of aromatic nitrogens is 3. The van der Waals surface area contributed by atoms with Crippen molar-refractivity contribution in [1.82, 2.24) is 15.0 Å². The number of hydrogen-bond donors (Lipinski definition) is 0. The van der Waals surface area contributed by atoms with Crippen molar-refractivity contribution in [2.75, 3.05) is 0 Å². The van der Waals surface area contributed by atoms with Gasteiger partial charge in [-0.2, -0.15) is 0 Å². The van der Waals surface area contributed by atoms with Gasteiger partial charge in [-0.05, 0) is 68.6 Å². The standard InChI is InChI=1S/C47H29N3O/c1-4-13-30(14-5-1)37-22-12-21-35-27-36(23-24-38(35)37)46-48-45(32-17-8-3-9-18-32)49-47(50-46)40-26-25-39(31-15-6-2-7-16-31)44-43(40)41-28-33-19-10-11-20-34(33)29-42(41)51-44/h1-29H. The summed E-state index contributed by atoms with van der Waals surface area (Å²) in [4.78, 5) is 15.5. The Balaban J connectivity index is 1.23. The monoisotopic (exact) mass is 651 g/mol. The van der Waals surface area contributed by atoms with Crippen molar-refractivity contribution in [2.24, 2.45) is 0 Å². The first-order valence-electron chi connectivity index (χ1n) is 17.1. The lowest BCUT2D eigenvalue weighted by Gasteiger charge is -2.12. The predicted octanol–water partition coefficient (Wildman–Crippen LogP) is 12.4. The van der Waals surface area contributed by atoms with Crippen molar-refractivity contribution in [3.63, 3.8) is 0 Å². The summed E-state index contributed by atoms with van der Waals surface area (Å²) in [7, 11) is 0. The molecule has 0 N–H and O–H groups in total. The maximum absolute atomic E-state index is 6.76. The summed E-state index contributed by atoms with van der Waals surface area (Å²) >= 11 is 0. The van der Waals surface area contributed by atoms with E-state index in [1.807, 2.05) is 42.5 Å². The van der Waals surface area contributed by atoms with Gasteiger partial charge in [0.1, 0.15) is 11.2 Å². The molecule has 238 valence electrons. The Morgan fingerprint density at radius 3 is 1.63 bits per heavy atom. The first kappa shape index (κ1) is 29.0. The summed E-state index contributed by atoms with van der Waals surface area (Å²) in [5, 5.41) is 6.60. The minimum Gasteiger partial charge on any atom is -0.455 e. The zero-order valence-electron chi connectivity index (χ0n) is 27.5. The van der Waals surface area contributed by atoms with Gasteiger partial charge in [0.2, 0.25) is 0 Å². The van der Waals surface area contributed by atoms with Gasteiger partial charge >= 0.3 is 0 Å². The first-order valence-corrected chi connectivity index (χ1v) is 17.1. The Labute approximate surface area is 294 Å². The number of benzene rings is 8. The van der Waals surface area contributed by atoms with Crippen molar-refractivity contribution in [3.05, 3.63) is 176 Å². The van der Waals surface area contributed by atoms with Gasteiger partial charge in [-0.15, -0.1) is 0 Å². The second-order valence-corrected chi connectivity index (χ2v) is 12.8. The Morgan fingerprint density at radius 1 is 0.333 bits per heavy atom. The van der Waals surface area contributed by atoms with Crippen LogP contribution in [-0.2, 0) is 0 Å². The SMILES string of the molecule is c1ccc(-c2nc(-c3ccc4c(-c5ccccc5)cccc4c3)nc(-c3ccc(-c4ccccc4)c4oc5cc6ccccc6cc5c34)n2)cc1. The molecule has 0 radical (unpaired) electrons. The van der Waals surface area contributed by atoms with Crippen molar-refractivity contribution in [3.8, 4) is 56.4 Å². The molecule has 2 aromatic heterocycles.